The summed E-state index contributed by atoms with van der Waals surface area (Å²) in [5.74, 6) is -1.49. The van der Waals surface area contributed by atoms with Crippen LogP contribution in [0, 0.1) is 6.92 Å². The van der Waals surface area contributed by atoms with Crippen molar-refractivity contribution in [2.24, 2.45) is 0 Å². The minimum atomic E-state index is -0.741. The molecule has 0 aliphatic rings. The molecule has 9 nitrogen and oxygen atoms in total. The summed E-state index contributed by atoms with van der Waals surface area (Å²) in [7, 11) is 0. The number of carbonyl (C=O) groups excluding carboxylic acids is 2. The van der Waals surface area contributed by atoms with Crippen LogP contribution in [0.15, 0.2) is 41.1 Å². The molecular weight excluding hydrogens is 374 g/mol. The molecule has 0 aliphatic heterocycles. The molecule has 0 fully saturated rings. The third-order valence-electron chi connectivity index (χ3n) is 3.78. The normalized spacial score (nSPS) is 10.6. The minimum Gasteiger partial charge on any atom is -0.504 e. The van der Waals surface area contributed by atoms with Crippen LogP contribution in [0.4, 0.5) is 0 Å². The quantitative estimate of drug-likeness (QED) is 0.573. The number of hydrogen-bond acceptors (Lipinski definition) is 6. The number of aromatic hydroxyl groups is 1. The maximum Gasteiger partial charge on any atom is 0.294 e. The van der Waals surface area contributed by atoms with Crippen molar-refractivity contribution in [1.82, 2.24) is 25.8 Å². The highest BCUT2D eigenvalue weighted by Crippen LogP contribution is 2.20. The van der Waals surface area contributed by atoms with Crippen molar-refractivity contribution in [3.63, 3.8) is 0 Å². The second kappa shape index (κ2) is 7.92. The number of hydrazine groups is 1. The summed E-state index contributed by atoms with van der Waals surface area (Å²) in [6.45, 7) is 1.72. The molecule has 3 aromatic rings. The van der Waals surface area contributed by atoms with E-state index < -0.39 is 11.8 Å². The maximum atomic E-state index is 12.1. The highest BCUT2D eigenvalue weighted by atomic mass is 35.5. The first-order chi connectivity index (χ1) is 13.0. The second-order valence-corrected chi connectivity index (χ2v) is 6.01. The van der Waals surface area contributed by atoms with E-state index in [-0.39, 0.29) is 23.1 Å². The van der Waals surface area contributed by atoms with Crippen molar-refractivity contribution in [2.75, 3.05) is 0 Å². The molecule has 0 unspecified atom stereocenters. The predicted octanol–water partition coefficient (Wildman–Crippen LogP) is 1.92. The smallest absolute Gasteiger partial charge is 0.294 e. The lowest BCUT2D eigenvalue weighted by Crippen LogP contribution is -2.42. The Morgan fingerprint density at radius 2 is 2.00 bits per heavy atom. The molecule has 2 heterocycles. The zero-order valence-corrected chi connectivity index (χ0v) is 15.0. The van der Waals surface area contributed by atoms with E-state index in [0.29, 0.717) is 23.4 Å². The van der Waals surface area contributed by atoms with Crippen LogP contribution in [-0.4, -0.2) is 31.9 Å². The zero-order valence-electron chi connectivity index (χ0n) is 14.3. The number of para-hydroxylation sites is 1. The Morgan fingerprint density at radius 3 is 2.67 bits per heavy atom. The summed E-state index contributed by atoms with van der Waals surface area (Å²) in [6, 6.07) is 8.99. The summed E-state index contributed by atoms with van der Waals surface area (Å²) < 4.78 is 6.18. The second-order valence-electron chi connectivity index (χ2n) is 5.67. The van der Waals surface area contributed by atoms with Crippen LogP contribution in [0.1, 0.15) is 28.2 Å². The predicted molar refractivity (Wildman–Crippen MR) is 95.4 cm³/mol. The van der Waals surface area contributed by atoms with E-state index in [2.05, 4.69) is 21.1 Å². The largest absolute Gasteiger partial charge is 0.504 e. The molecule has 0 saturated carbocycles. The van der Waals surface area contributed by atoms with Crippen LogP contribution >= 0.6 is 11.6 Å². The van der Waals surface area contributed by atoms with Crippen molar-refractivity contribution < 1.29 is 19.2 Å². The summed E-state index contributed by atoms with van der Waals surface area (Å²) >= 11 is 5.84. The van der Waals surface area contributed by atoms with E-state index in [1.807, 2.05) is 6.07 Å². The Labute approximate surface area is 158 Å². The van der Waals surface area contributed by atoms with Gasteiger partial charge in [0.1, 0.15) is 0 Å². The van der Waals surface area contributed by atoms with Crippen LogP contribution in [0.25, 0.3) is 5.69 Å². The Hall–Kier alpha value is -3.33. The monoisotopic (exact) mass is 389 g/mol. The van der Waals surface area contributed by atoms with Gasteiger partial charge in [0.05, 0.1) is 17.6 Å². The molecule has 140 valence electrons. The topological polar surface area (TPSA) is 122 Å². The van der Waals surface area contributed by atoms with Crippen LogP contribution in [0.5, 0.6) is 5.75 Å². The molecule has 3 N–H and O–H groups in total. The molecule has 3 rings (SSSR count). The van der Waals surface area contributed by atoms with Gasteiger partial charge in [-0.05, 0) is 37.1 Å². The number of halogens is 1. The number of nitrogens with zero attached hydrogens (tertiary/aromatic N) is 3. The van der Waals surface area contributed by atoms with Gasteiger partial charge in [-0.2, -0.15) is 5.10 Å². The molecule has 0 atom stereocenters. The zero-order chi connectivity index (χ0) is 19.4. The molecule has 0 aliphatic carbocycles. The van der Waals surface area contributed by atoms with E-state index in [1.165, 1.54) is 10.9 Å². The Morgan fingerprint density at radius 1 is 1.26 bits per heavy atom. The summed E-state index contributed by atoms with van der Waals surface area (Å²) in [5.41, 5.74) is 6.19. The van der Waals surface area contributed by atoms with Crippen molar-refractivity contribution in [3.05, 3.63) is 58.7 Å². The first-order valence-electron chi connectivity index (χ1n) is 7.99. The number of amides is 2. The van der Waals surface area contributed by atoms with E-state index >= 15 is 0 Å². The number of aryl methyl sites for hydroxylation is 1. The summed E-state index contributed by atoms with van der Waals surface area (Å²) in [6.07, 6.45) is 1.68. The van der Waals surface area contributed by atoms with E-state index in [1.54, 1.807) is 31.2 Å². The van der Waals surface area contributed by atoms with E-state index in [4.69, 9.17) is 16.1 Å². The average Bonchev–Trinajstić information content (AvgIpc) is 3.21. The fourth-order valence-electron chi connectivity index (χ4n) is 2.37. The third kappa shape index (κ3) is 4.26. The van der Waals surface area contributed by atoms with Crippen molar-refractivity contribution in [3.8, 4) is 11.4 Å². The fraction of sp³-hybridized carbons (Fsp3) is 0.176. The highest BCUT2D eigenvalue weighted by molar-refractivity contribution is 6.29. The van der Waals surface area contributed by atoms with Gasteiger partial charge in [0, 0.05) is 12.0 Å². The van der Waals surface area contributed by atoms with Gasteiger partial charge in [-0.15, -0.1) is 0 Å². The van der Waals surface area contributed by atoms with Crippen molar-refractivity contribution in [2.45, 2.75) is 19.8 Å². The molecular formula is C17H16ClN5O4. The van der Waals surface area contributed by atoms with Crippen molar-refractivity contribution >= 4 is 23.4 Å². The Kier molecular flexibility index (Phi) is 5.41. The first-order valence-corrected chi connectivity index (χ1v) is 8.37. The minimum absolute atomic E-state index is 0.0620. The van der Waals surface area contributed by atoms with Gasteiger partial charge in [-0.3, -0.25) is 20.4 Å². The third-order valence-corrected chi connectivity index (χ3v) is 4.08. The van der Waals surface area contributed by atoms with Gasteiger partial charge in [-0.25, -0.2) is 4.68 Å². The first kappa shape index (κ1) is 18.5. The molecule has 0 bridgehead atoms. The van der Waals surface area contributed by atoms with Crippen molar-refractivity contribution in [1.29, 1.82) is 0 Å². The number of rotatable bonds is 5. The number of nitrogens with one attached hydrogen (secondary N) is 2. The van der Waals surface area contributed by atoms with Crippen LogP contribution in [-0.2, 0) is 11.2 Å². The molecule has 0 spiro atoms. The average molecular weight is 390 g/mol. The molecule has 0 radical (unpaired) electrons. The maximum absolute atomic E-state index is 12.1. The van der Waals surface area contributed by atoms with E-state index in [9.17, 15) is 14.7 Å². The van der Waals surface area contributed by atoms with Gasteiger partial charge in [0.2, 0.25) is 11.1 Å². The lowest BCUT2D eigenvalue weighted by Gasteiger charge is -2.06. The number of aromatic nitrogens is 3. The molecule has 0 saturated heterocycles. The van der Waals surface area contributed by atoms with E-state index in [0.717, 1.165) is 0 Å². The Balaban J connectivity index is 1.56. The van der Waals surface area contributed by atoms with Gasteiger partial charge in [-0.1, -0.05) is 23.4 Å². The molecule has 1 aromatic carbocycles. The Bertz CT molecular complexity index is 948. The number of benzene rings is 1. The van der Waals surface area contributed by atoms with Gasteiger partial charge < -0.3 is 9.63 Å². The van der Waals surface area contributed by atoms with Crippen LogP contribution in [0.2, 0.25) is 5.22 Å². The molecule has 27 heavy (non-hydrogen) atoms. The fourth-order valence-corrected chi connectivity index (χ4v) is 2.63. The van der Waals surface area contributed by atoms with Gasteiger partial charge >= 0.3 is 0 Å². The standard InChI is InChI=1S/C17H16ClN5O4/c1-10-12(16(18)27-22-10)7-8-14(25)19-20-17(26)15-13(24)9-23(21-15)11-5-3-2-4-6-11/h2-6,9,24H,7-8H2,1H3,(H,19,25)(H,20,26). The molecule has 2 aromatic heterocycles. The van der Waals surface area contributed by atoms with Gasteiger partial charge in [0.15, 0.2) is 11.4 Å². The summed E-state index contributed by atoms with van der Waals surface area (Å²) in [5, 5.41) is 17.8. The lowest BCUT2D eigenvalue weighted by molar-refractivity contribution is -0.121. The summed E-state index contributed by atoms with van der Waals surface area (Å²) in [4.78, 5) is 24.0. The van der Waals surface area contributed by atoms with Crippen LogP contribution < -0.4 is 10.9 Å². The highest BCUT2D eigenvalue weighted by Gasteiger charge is 2.18. The van der Waals surface area contributed by atoms with Gasteiger partial charge in [0.25, 0.3) is 5.91 Å². The lowest BCUT2D eigenvalue weighted by atomic mass is 10.1. The number of carbonyl (C=O) groups is 2. The molecule has 2 amide bonds. The molecule has 10 heteroatoms. The number of hydrogen-bond donors (Lipinski definition) is 3. The van der Waals surface area contributed by atoms with Crippen LogP contribution in [0.3, 0.4) is 0 Å². The SMILES string of the molecule is Cc1noc(Cl)c1CCC(=O)NNC(=O)c1nn(-c2ccccc2)cc1O.